The maximum atomic E-state index is 5.49. The highest BCUT2D eigenvalue weighted by atomic mass is 16.5. The standard InChI is InChI=1S/C21H29N5O2/c1-16(25-10-12-28-13-11-25)17-6-8-26(9-7-17)21-23-20(15-22-24-21)18-4-3-5-19(14-18)27-2/h3-5,14-17H,6-13H2,1-2H3. The molecule has 2 fully saturated rings. The number of benzene rings is 1. The minimum Gasteiger partial charge on any atom is -0.497 e. The highest BCUT2D eigenvalue weighted by Gasteiger charge is 2.29. The van der Waals surface area contributed by atoms with E-state index < -0.39 is 0 Å². The predicted molar refractivity (Wildman–Crippen MR) is 109 cm³/mol. The summed E-state index contributed by atoms with van der Waals surface area (Å²) < 4.78 is 10.8. The van der Waals surface area contributed by atoms with Gasteiger partial charge >= 0.3 is 0 Å². The molecule has 0 aliphatic carbocycles. The van der Waals surface area contributed by atoms with Crippen LogP contribution in [0.15, 0.2) is 30.5 Å². The first-order valence-electron chi connectivity index (χ1n) is 10.2. The number of aromatic nitrogens is 3. The highest BCUT2D eigenvalue weighted by Crippen LogP contribution is 2.27. The van der Waals surface area contributed by atoms with Gasteiger partial charge in [-0.1, -0.05) is 12.1 Å². The normalized spacial score (nSPS) is 20.1. The summed E-state index contributed by atoms with van der Waals surface area (Å²) in [4.78, 5) is 9.61. The van der Waals surface area contributed by atoms with Crippen LogP contribution in [0.4, 0.5) is 5.95 Å². The molecule has 2 saturated heterocycles. The molecule has 2 aliphatic rings. The van der Waals surface area contributed by atoms with E-state index in [1.54, 1.807) is 13.3 Å². The summed E-state index contributed by atoms with van der Waals surface area (Å²) in [6.45, 7) is 8.14. The summed E-state index contributed by atoms with van der Waals surface area (Å²) in [5, 5.41) is 8.50. The van der Waals surface area contributed by atoms with Gasteiger partial charge < -0.3 is 14.4 Å². The van der Waals surface area contributed by atoms with Crippen molar-refractivity contribution in [2.75, 3.05) is 51.4 Å². The number of nitrogens with zero attached hydrogens (tertiary/aromatic N) is 5. The molecule has 1 aromatic heterocycles. The molecule has 0 radical (unpaired) electrons. The summed E-state index contributed by atoms with van der Waals surface area (Å²) in [5.41, 5.74) is 1.82. The van der Waals surface area contributed by atoms with E-state index in [0.717, 1.165) is 75.2 Å². The molecule has 1 aromatic carbocycles. The first-order valence-corrected chi connectivity index (χ1v) is 10.2. The monoisotopic (exact) mass is 383 g/mol. The van der Waals surface area contributed by atoms with Crippen molar-refractivity contribution in [1.82, 2.24) is 20.1 Å². The number of rotatable bonds is 5. The van der Waals surface area contributed by atoms with Crippen LogP contribution in [-0.4, -0.2) is 72.6 Å². The summed E-state index contributed by atoms with van der Waals surface area (Å²) in [7, 11) is 1.67. The molecule has 0 amide bonds. The number of piperidine rings is 1. The molecule has 7 heteroatoms. The van der Waals surface area contributed by atoms with Gasteiger partial charge in [0, 0.05) is 37.8 Å². The number of hydrogen-bond acceptors (Lipinski definition) is 7. The fourth-order valence-corrected chi connectivity index (χ4v) is 4.21. The van der Waals surface area contributed by atoms with Crippen molar-refractivity contribution >= 4 is 5.95 Å². The van der Waals surface area contributed by atoms with Crippen molar-refractivity contribution in [1.29, 1.82) is 0 Å². The second-order valence-corrected chi connectivity index (χ2v) is 7.59. The van der Waals surface area contributed by atoms with E-state index in [2.05, 4.69) is 26.9 Å². The number of methoxy groups -OCH3 is 1. The van der Waals surface area contributed by atoms with Gasteiger partial charge in [0.25, 0.3) is 0 Å². The van der Waals surface area contributed by atoms with E-state index in [9.17, 15) is 0 Å². The zero-order valence-electron chi connectivity index (χ0n) is 16.8. The zero-order valence-corrected chi connectivity index (χ0v) is 16.8. The van der Waals surface area contributed by atoms with Gasteiger partial charge in [-0.15, -0.1) is 5.10 Å². The Labute approximate surface area is 166 Å². The molecule has 7 nitrogen and oxygen atoms in total. The average molecular weight is 383 g/mol. The molecule has 1 unspecified atom stereocenters. The van der Waals surface area contributed by atoms with Gasteiger partial charge in [0.15, 0.2) is 0 Å². The van der Waals surface area contributed by atoms with Crippen molar-refractivity contribution in [3.8, 4) is 17.0 Å². The van der Waals surface area contributed by atoms with Gasteiger partial charge in [-0.3, -0.25) is 4.90 Å². The molecule has 1 atom stereocenters. The number of anilines is 1. The van der Waals surface area contributed by atoms with Gasteiger partial charge in [-0.25, -0.2) is 4.98 Å². The molecule has 150 valence electrons. The van der Waals surface area contributed by atoms with E-state index in [4.69, 9.17) is 14.5 Å². The van der Waals surface area contributed by atoms with E-state index in [0.29, 0.717) is 12.0 Å². The van der Waals surface area contributed by atoms with Crippen LogP contribution in [0.3, 0.4) is 0 Å². The lowest BCUT2D eigenvalue weighted by Crippen LogP contribution is -2.48. The molecular formula is C21H29N5O2. The Kier molecular flexibility index (Phi) is 6.02. The number of morpholine rings is 1. The molecule has 0 N–H and O–H groups in total. The minimum atomic E-state index is 0.605. The fourth-order valence-electron chi connectivity index (χ4n) is 4.21. The first-order chi connectivity index (χ1) is 13.7. The Morgan fingerprint density at radius 2 is 1.93 bits per heavy atom. The Bertz CT molecular complexity index is 773. The minimum absolute atomic E-state index is 0.605. The van der Waals surface area contributed by atoms with Crippen molar-refractivity contribution in [3.63, 3.8) is 0 Å². The van der Waals surface area contributed by atoms with Gasteiger partial charge in [0.1, 0.15) is 5.75 Å². The average Bonchev–Trinajstić information content (AvgIpc) is 2.79. The number of ether oxygens (including phenoxy) is 2. The van der Waals surface area contributed by atoms with Crippen molar-refractivity contribution in [2.24, 2.45) is 5.92 Å². The molecule has 0 spiro atoms. The number of hydrogen-bond donors (Lipinski definition) is 0. The van der Waals surface area contributed by atoms with Crippen LogP contribution in [0.25, 0.3) is 11.3 Å². The third kappa shape index (κ3) is 4.25. The van der Waals surface area contributed by atoms with Crippen LogP contribution >= 0.6 is 0 Å². The first kappa shape index (κ1) is 19.1. The van der Waals surface area contributed by atoms with Crippen molar-refractivity contribution in [2.45, 2.75) is 25.8 Å². The Hall–Kier alpha value is -2.25. The fraction of sp³-hybridized carbons (Fsp3) is 0.571. The molecule has 3 heterocycles. The molecule has 4 rings (SSSR count). The maximum absolute atomic E-state index is 5.49. The molecule has 0 saturated carbocycles. The predicted octanol–water partition coefficient (Wildman–Crippen LogP) is 2.48. The third-order valence-corrected chi connectivity index (χ3v) is 6.04. The largest absolute Gasteiger partial charge is 0.497 e. The SMILES string of the molecule is COc1cccc(-c2cnnc(N3CCC(C(C)N4CCOCC4)CC3)n2)c1. The van der Waals surface area contributed by atoms with Gasteiger partial charge in [0.05, 0.1) is 32.2 Å². The summed E-state index contributed by atoms with van der Waals surface area (Å²) in [6, 6.07) is 8.50. The quantitative estimate of drug-likeness (QED) is 0.786. The Balaban J connectivity index is 1.40. The third-order valence-electron chi connectivity index (χ3n) is 6.04. The second kappa shape index (κ2) is 8.84. The molecular weight excluding hydrogens is 354 g/mol. The Morgan fingerprint density at radius 3 is 2.68 bits per heavy atom. The van der Waals surface area contributed by atoms with Crippen LogP contribution in [-0.2, 0) is 4.74 Å². The van der Waals surface area contributed by atoms with Crippen LogP contribution in [0.2, 0.25) is 0 Å². The Morgan fingerprint density at radius 1 is 1.14 bits per heavy atom. The maximum Gasteiger partial charge on any atom is 0.245 e. The van der Waals surface area contributed by atoms with Crippen LogP contribution in [0, 0.1) is 5.92 Å². The molecule has 0 bridgehead atoms. The lowest BCUT2D eigenvalue weighted by atomic mass is 9.89. The van der Waals surface area contributed by atoms with E-state index >= 15 is 0 Å². The van der Waals surface area contributed by atoms with Gasteiger partial charge in [-0.05, 0) is 37.8 Å². The van der Waals surface area contributed by atoms with Gasteiger partial charge in [0.2, 0.25) is 5.95 Å². The van der Waals surface area contributed by atoms with Crippen molar-refractivity contribution < 1.29 is 9.47 Å². The van der Waals surface area contributed by atoms with Crippen LogP contribution in [0.1, 0.15) is 19.8 Å². The molecule has 2 aliphatic heterocycles. The van der Waals surface area contributed by atoms with E-state index in [1.165, 1.54) is 0 Å². The van der Waals surface area contributed by atoms with Gasteiger partial charge in [-0.2, -0.15) is 5.10 Å². The summed E-state index contributed by atoms with van der Waals surface area (Å²) >= 11 is 0. The molecule has 2 aromatic rings. The van der Waals surface area contributed by atoms with E-state index in [-0.39, 0.29) is 0 Å². The second-order valence-electron chi connectivity index (χ2n) is 7.59. The highest BCUT2D eigenvalue weighted by molar-refractivity contribution is 5.61. The topological polar surface area (TPSA) is 63.6 Å². The summed E-state index contributed by atoms with van der Waals surface area (Å²) in [5.74, 6) is 2.25. The van der Waals surface area contributed by atoms with Crippen LogP contribution in [0.5, 0.6) is 5.75 Å². The molecule has 28 heavy (non-hydrogen) atoms. The van der Waals surface area contributed by atoms with Crippen LogP contribution < -0.4 is 9.64 Å². The lowest BCUT2D eigenvalue weighted by Gasteiger charge is -2.40. The van der Waals surface area contributed by atoms with E-state index in [1.807, 2.05) is 24.3 Å². The smallest absolute Gasteiger partial charge is 0.245 e. The van der Waals surface area contributed by atoms with Crippen molar-refractivity contribution in [3.05, 3.63) is 30.5 Å². The zero-order chi connectivity index (χ0) is 19.3. The summed E-state index contributed by atoms with van der Waals surface area (Å²) in [6.07, 6.45) is 4.03. The lowest BCUT2D eigenvalue weighted by molar-refractivity contribution is 0.00446.